The van der Waals surface area contributed by atoms with E-state index in [-0.39, 0.29) is 0 Å². The summed E-state index contributed by atoms with van der Waals surface area (Å²) in [4.78, 5) is 3.92. The first-order valence-corrected chi connectivity index (χ1v) is 10.1. The van der Waals surface area contributed by atoms with Gasteiger partial charge >= 0.3 is 0 Å². The van der Waals surface area contributed by atoms with Crippen molar-refractivity contribution in [3.8, 4) is 0 Å². The molecule has 122 valence electrons. The van der Waals surface area contributed by atoms with Crippen LogP contribution < -0.4 is 0 Å². The Morgan fingerprint density at radius 3 is 2.70 bits per heavy atom. The number of thiophene rings is 1. The summed E-state index contributed by atoms with van der Waals surface area (Å²) in [6.07, 6.45) is 11.1. The molecule has 1 fully saturated rings. The largest absolute Gasteiger partial charge is 0.378 e. The average Bonchev–Trinajstić information content (AvgIpc) is 3.29. The van der Waals surface area contributed by atoms with Gasteiger partial charge in [0.05, 0.1) is 17.0 Å². The maximum Gasteiger partial charge on any atom is 0.0704 e. The number of allylic oxidation sites excluding steroid dienone is 4. The minimum atomic E-state index is 0.855. The van der Waals surface area contributed by atoms with Gasteiger partial charge in [-0.1, -0.05) is 6.08 Å². The van der Waals surface area contributed by atoms with Crippen molar-refractivity contribution in [3.05, 3.63) is 49.3 Å². The lowest BCUT2D eigenvalue weighted by Gasteiger charge is -2.32. The van der Waals surface area contributed by atoms with Gasteiger partial charge in [0.2, 0.25) is 0 Å². The van der Waals surface area contributed by atoms with Crippen molar-refractivity contribution in [2.24, 2.45) is 0 Å². The first-order chi connectivity index (χ1) is 11.3. The molecule has 2 aliphatic carbocycles. The highest BCUT2D eigenvalue weighted by Crippen LogP contribution is 2.42. The Labute approximate surface area is 150 Å². The maximum absolute atomic E-state index is 5.57. The van der Waals surface area contributed by atoms with Gasteiger partial charge in [-0.2, -0.15) is 0 Å². The fourth-order valence-corrected chi connectivity index (χ4v) is 5.24. The van der Waals surface area contributed by atoms with Crippen LogP contribution in [0.25, 0.3) is 6.08 Å². The lowest BCUT2D eigenvalue weighted by atomic mass is 10.0. The smallest absolute Gasteiger partial charge is 0.0704 e. The van der Waals surface area contributed by atoms with Crippen molar-refractivity contribution in [1.82, 2.24) is 4.90 Å². The summed E-state index contributed by atoms with van der Waals surface area (Å²) >= 11 is 5.40. The molecule has 2 heterocycles. The van der Waals surface area contributed by atoms with Crippen LogP contribution in [0.5, 0.6) is 0 Å². The van der Waals surface area contributed by atoms with Crippen LogP contribution in [0.1, 0.15) is 37.0 Å². The van der Waals surface area contributed by atoms with Crippen molar-refractivity contribution in [2.45, 2.75) is 32.1 Å². The van der Waals surface area contributed by atoms with Crippen LogP contribution in [0.4, 0.5) is 0 Å². The van der Waals surface area contributed by atoms with Gasteiger partial charge in [0.1, 0.15) is 0 Å². The quantitative estimate of drug-likeness (QED) is 0.684. The van der Waals surface area contributed by atoms with Crippen molar-refractivity contribution in [3.63, 3.8) is 0 Å². The van der Waals surface area contributed by atoms with E-state index < -0.39 is 0 Å². The number of hydrogen-bond donors (Lipinski definition) is 0. The molecule has 0 bridgehead atoms. The Morgan fingerprint density at radius 2 is 2.00 bits per heavy atom. The second kappa shape index (κ2) is 6.96. The minimum Gasteiger partial charge on any atom is -0.378 e. The van der Waals surface area contributed by atoms with Crippen molar-refractivity contribution < 1.29 is 4.74 Å². The van der Waals surface area contributed by atoms with E-state index in [0.717, 1.165) is 26.3 Å². The van der Waals surface area contributed by atoms with E-state index in [1.807, 2.05) is 11.3 Å². The van der Waals surface area contributed by atoms with E-state index in [4.69, 9.17) is 4.74 Å². The Morgan fingerprint density at radius 1 is 1.13 bits per heavy atom. The van der Waals surface area contributed by atoms with E-state index in [9.17, 15) is 0 Å². The standard InChI is InChI=1S/C19H22BrNOS/c20-18-8-6-16(23-18)13-15-5-7-17(14-3-1-2-4-14)19(15)21-9-11-22-12-10-21/h3,6,8,13H,1-2,4-5,7,9-12H2. The second-order valence-corrected chi connectivity index (χ2v) is 8.85. The molecule has 1 saturated heterocycles. The van der Waals surface area contributed by atoms with Gasteiger partial charge in [-0.15, -0.1) is 11.3 Å². The summed E-state index contributed by atoms with van der Waals surface area (Å²) in [7, 11) is 0. The van der Waals surface area contributed by atoms with Gasteiger partial charge in [-0.05, 0) is 83.0 Å². The molecule has 4 heteroatoms. The molecule has 0 amide bonds. The van der Waals surface area contributed by atoms with Crippen LogP contribution in [0.3, 0.4) is 0 Å². The molecular formula is C19H22BrNOS. The average molecular weight is 392 g/mol. The highest BCUT2D eigenvalue weighted by atomic mass is 79.9. The molecular weight excluding hydrogens is 370 g/mol. The second-order valence-electron chi connectivity index (χ2n) is 6.36. The molecule has 1 aromatic heterocycles. The summed E-state index contributed by atoms with van der Waals surface area (Å²) < 4.78 is 6.78. The van der Waals surface area contributed by atoms with Crippen molar-refractivity contribution in [2.75, 3.05) is 26.3 Å². The van der Waals surface area contributed by atoms with E-state index in [0.29, 0.717) is 0 Å². The Balaban J connectivity index is 1.72. The van der Waals surface area contributed by atoms with Gasteiger partial charge in [0.25, 0.3) is 0 Å². The zero-order valence-electron chi connectivity index (χ0n) is 13.3. The summed E-state index contributed by atoms with van der Waals surface area (Å²) in [5.74, 6) is 0. The molecule has 0 unspecified atom stereocenters. The first kappa shape index (κ1) is 15.7. The van der Waals surface area contributed by atoms with Crippen molar-refractivity contribution >= 4 is 33.3 Å². The molecule has 1 aliphatic heterocycles. The fraction of sp³-hybridized carbons (Fsp3) is 0.474. The summed E-state index contributed by atoms with van der Waals surface area (Å²) in [6, 6.07) is 4.36. The normalized spacial score (nSPS) is 24.0. The maximum atomic E-state index is 5.57. The predicted octanol–water partition coefficient (Wildman–Crippen LogP) is 5.38. The lowest BCUT2D eigenvalue weighted by Crippen LogP contribution is -2.36. The predicted molar refractivity (Wildman–Crippen MR) is 101 cm³/mol. The topological polar surface area (TPSA) is 12.5 Å². The van der Waals surface area contributed by atoms with Crippen molar-refractivity contribution in [1.29, 1.82) is 0 Å². The van der Waals surface area contributed by atoms with Gasteiger partial charge in [0, 0.05) is 23.7 Å². The molecule has 0 N–H and O–H groups in total. The number of ether oxygens (including phenoxy) is 1. The van der Waals surface area contributed by atoms with Crippen LogP contribution in [-0.2, 0) is 4.74 Å². The van der Waals surface area contributed by atoms with Gasteiger partial charge in [-0.3, -0.25) is 0 Å². The number of rotatable bonds is 3. The van der Waals surface area contributed by atoms with E-state index >= 15 is 0 Å². The molecule has 0 spiro atoms. The Bertz CT molecular complexity index is 679. The SMILES string of the molecule is Brc1ccc(C=C2CCC(C3=CCCC3)=C2N2CCOCC2)s1. The fourth-order valence-electron chi connectivity index (χ4n) is 3.85. The molecule has 0 saturated carbocycles. The van der Waals surface area contributed by atoms with Crippen LogP contribution in [0.2, 0.25) is 0 Å². The monoisotopic (exact) mass is 391 g/mol. The number of halogens is 1. The summed E-state index contributed by atoms with van der Waals surface area (Å²) in [5, 5.41) is 0. The third-order valence-corrected chi connectivity index (χ3v) is 6.47. The number of nitrogens with zero attached hydrogens (tertiary/aromatic N) is 1. The Hall–Kier alpha value is -0.840. The van der Waals surface area contributed by atoms with Gasteiger partial charge in [-0.25, -0.2) is 0 Å². The molecule has 3 aliphatic rings. The van der Waals surface area contributed by atoms with Gasteiger partial charge < -0.3 is 9.64 Å². The molecule has 1 aromatic rings. The molecule has 4 rings (SSSR count). The van der Waals surface area contributed by atoms with Crippen LogP contribution in [-0.4, -0.2) is 31.2 Å². The van der Waals surface area contributed by atoms with E-state index in [1.54, 1.807) is 11.1 Å². The van der Waals surface area contributed by atoms with Crippen LogP contribution in [0.15, 0.2) is 44.4 Å². The zero-order valence-corrected chi connectivity index (χ0v) is 15.7. The summed E-state index contributed by atoms with van der Waals surface area (Å²) in [6.45, 7) is 3.76. The van der Waals surface area contributed by atoms with Crippen LogP contribution in [0, 0.1) is 0 Å². The van der Waals surface area contributed by atoms with E-state index in [1.165, 1.54) is 52.0 Å². The lowest BCUT2D eigenvalue weighted by molar-refractivity contribution is 0.0547. The third kappa shape index (κ3) is 3.35. The number of morpholine rings is 1. The molecule has 0 aromatic carbocycles. The number of hydrogen-bond acceptors (Lipinski definition) is 3. The highest BCUT2D eigenvalue weighted by molar-refractivity contribution is 9.11. The zero-order chi connectivity index (χ0) is 15.6. The first-order valence-electron chi connectivity index (χ1n) is 8.53. The molecule has 23 heavy (non-hydrogen) atoms. The van der Waals surface area contributed by atoms with Gasteiger partial charge in [0.15, 0.2) is 0 Å². The highest BCUT2D eigenvalue weighted by Gasteiger charge is 2.28. The minimum absolute atomic E-state index is 0.855. The molecule has 0 atom stereocenters. The van der Waals surface area contributed by atoms with E-state index in [2.05, 4.69) is 45.1 Å². The Kier molecular flexibility index (Phi) is 4.74. The third-order valence-electron chi connectivity index (χ3n) is 4.90. The van der Waals surface area contributed by atoms with Crippen LogP contribution >= 0.6 is 27.3 Å². The molecule has 2 nitrogen and oxygen atoms in total. The summed E-state index contributed by atoms with van der Waals surface area (Å²) in [5.41, 5.74) is 6.27. The molecule has 0 radical (unpaired) electrons.